The molecule has 1 unspecified atom stereocenters. The zero-order chi connectivity index (χ0) is 16.9. The largest absolute Gasteiger partial charge is 0.480 e. The Bertz CT molecular complexity index is 313. The number of carboxylic acid groups (broad SMARTS) is 1. The van der Waals surface area contributed by atoms with E-state index in [1.165, 1.54) is 51.4 Å². The van der Waals surface area contributed by atoms with Gasteiger partial charge in [0, 0.05) is 19.6 Å². The Hall–Kier alpha value is -0.650. The minimum Gasteiger partial charge on any atom is -0.480 e. The molecule has 23 heavy (non-hydrogen) atoms. The lowest BCUT2D eigenvalue weighted by atomic mass is 10.1. The molecule has 0 amide bonds. The second kappa shape index (κ2) is 12.7. The lowest BCUT2D eigenvalue weighted by Gasteiger charge is -2.29. The van der Waals surface area contributed by atoms with Gasteiger partial charge in [0.25, 0.3) is 0 Å². The van der Waals surface area contributed by atoms with Crippen LogP contribution in [0.3, 0.4) is 0 Å². The molecule has 5 nitrogen and oxygen atoms in total. The Kier molecular flexibility index (Phi) is 11.3. The summed E-state index contributed by atoms with van der Waals surface area (Å²) in [6.07, 6.45) is 13.0. The van der Waals surface area contributed by atoms with Gasteiger partial charge in [-0.15, -0.1) is 0 Å². The van der Waals surface area contributed by atoms with Crippen LogP contribution in [0.1, 0.15) is 71.1 Å². The van der Waals surface area contributed by atoms with Crippen LogP contribution in [0.5, 0.6) is 0 Å². The van der Waals surface area contributed by atoms with Crippen molar-refractivity contribution in [1.29, 1.82) is 0 Å². The molecule has 5 heteroatoms. The van der Waals surface area contributed by atoms with Crippen LogP contribution in [0.15, 0.2) is 0 Å². The third-order valence-corrected chi connectivity index (χ3v) is 4.81. The molecule has 0 radical (unpaired) electrons. The molecular formula is C18H36N2O3. The monoisotopic (exact) mass is 328 g/mol. The van der Waals surface area contributed by atoms with Gasteiger partial charge in [-0.05, 0) is 6.42 Å². The van der Waals surface area contributed by atoms with E-state index in [4.69, 9.17) is 10.2 Å². The van der Waals surface area contributed by atoms with Crippen LogP contribution in [0, 0.1) is 0 Å². The lowest BCUT2D eigenvalue weighted by molar-refractivity contribution is -0.139. The van der Waals surface area contributed by atoms with E-state index in [-0.39, 0.29) is 19.3 Å². The van der Waals surface area contributed by atoms with Crippen LogP contribution in [0.25, 0.3) is 0 Å². The first kappa shape index (κ1) is 20.4. The molecule has 0 aliphatic carbocycles. The van der Waals surface area contributed by atoms with Crippen molar-refractivity contribution in [2.75, 3.05) is 32.8 Å². The number of aliphatic carboxylic acids is 1. The molecule has 0 spiro atoms. The van der Waals surface area contributed by atoms with Gasteiger partial charge in [-0.2, -0.15) is 0 Å². The van der Waals surface area contributed by atoms with E-state index in [0.717, 1.165) is 25.9 Å². The van der Waals surface area contributed by atoms with Gasteiger partial charge in [0.1, 0.15) is 0 Å². The fourth-order valence-electron chi connectivity index (χ4n) is 3.54. The van der Waals surface area contributed by atoms with Gasteiger partial charge in [0.15, 0.2) is 0 Å². The lowest BCUT2D eigenvalue weighted by Crippen LogP contribution is -2.42. The fraction of sp³-hybridized carbons (Fsp3) is 0.944. The van der Waals surface area contributed by atoms with Crippen molar-refractivity contribution in [2.45, 2.75) is 77.3 Å². The van der Waals surface area contributed by atoms with Crippen molar-refractivity contribution in [2.24, 2.45) is 0 Å². The summed E-state index contributed by atoms with van der Waals surface area (Å²) in [5, 5.41) is 18.2. The highest BCUT2D eigenvalue weighted by Crippen LogP contribution is 2.20. The maximum absolute atomic E-state index is 11.0. The normalized spacial score (nSPS) is 19.5. The molecule has 1 atom stereocenters. The fourth-order valence-corrected chi connectivity index (χ4v) is 3.54. The molecule has 1 saturated heterocycles. The van der Waals surface area contributed by atoms with Crippen molar-refractivity contribution >= 4 is 5.97 Å². The number of hydrogen-bond donors (Lipinski definition) is 2. The first-order valence-corrected chi connectivity index (χ1v) is 9.49. The van der Waals surface area contributed by atoms with E-state index in [1.54, 1.807) is 0 Å². The minimum absolute atomic E-state index is 0.115. The molecule has 1 rings (SSSR count). The standard InChI is InChI=1S/C18H36N2O3/c1-2-3-4-5-6-7-8-9-10-11-17-19(14-15-21)12-13-20(17)16-18(22)23/h17,21H,2-16H2,1H3,(H,22,23). The summed E-state index contributed by atoms with van der Waals surface area (Å²) >= 11 is 0. The maximum Gasteiger partial charge on any atom is 0.317 e. The van der Waals surface area contributed by atoms with Crippen LogP contribution in [-0.2, 0) is 4.79 Å². The van der Waals surface area contributed by atoms with Crippen LogP contribution < -0.4 is 0 Å². The Morgan fingerprint density at radius 1 is 0.957 bits per heavy atom. The molecule has 0 bridgehead atoms. The van der Waals surface area contributed by atoms with Crippen molar-refractivity contribution in [3.63, 3.8) is 0 Å². The van der Waals surface area contributed by atoms with Crippen LogP contribution in [-0.4, -0.2) is 64.9 Å². The topological polar surface area (TPSA) is 64.0 Å². The number of rotatable bonds is 14. The Morgan fingerprint density at radius 3 is 2.09 bits per heavy atom. The van der Waals surface area contributed by atoms with Gasteiger partial charge in [-0.25, -0.2) is 0 Å². The highest BCUT2D eigenvalue weighted by molar-refractivity contribution is 5.69. The van der Waals surface area contributed by atoms with Crippen molar-refractivity contribution in [1.82, 2.24) is 9.80 Å². The molecule has 0 aromatic carbocycles. The average Bonchev–Trinajstić information content (AvgIpc) is 2.87. The Balaban J connectivity index is 2.16. The molecule has 2 N–H and O–H groups in total. The summed E-state index contributed by atoms with van der Waals surface area (Å²) in [5.74, 6) is -0.757. The third kappa shape index (κ3) is 8.68. The summed E-state index contributed by atoms with van der Waals surface area (Å²) in [6, 6.07) is 0. The second-order valence-electron chi connectivity index (χ2n) is 6.72. The van der Waals surface area contributed by atoms with Crippen molar-refractivity contribution in [3.8, 4) is 0 Å². The summed E-state index contributed by atoms with van der Waals surface area (Å²) in [5.41, 5.74) is 0. The molecule has 1 fully saturated rings. The first-order valence-electron chi connectivity index (χ1n) is 9.49. The molecule has 1 aliphatic heterocycles. The SMILES string of the molecule is CCCCCCCCCCCC1N(CCO)CCN1CC(=O)O. The predicted octanol–water partition coefficient (Wildman–Crippen LogP) is 2.93. The van der Waals surface area contributed by atoms with Gasteiger partial charge in [-0.3, -0.25) is 14.6 Å². The quantitative estimate of drug-likeness (QED) is 0.480. The summed E-state index contributed by atoms with van der Waals surface area (Å²) in [4.78, 5) is 15.3. The van der Waals surface area contributed by atoms with E-state index < -0.39 is 5.97 Å². The molecule has 1 heterocycles. The van der Waals surface area contributed by atoms with E-state index >= 15 is 0 Å². The Morgan fingerprint density at radius 2 is 1.52 bits per heavy atom. The van der Waals surface area contributed by atoms with Gasteiger partial charge >= 0.3 is 5.97 Å². The van der Waals surface area contributed by atoms with Gasteiger partial charge in [0.2, 0.25) is 0 Å². The number of aliphatic hydroxyl groups excluding tert-OH is 1. The zero-order valence-electron chi connectivity index (χ0n) is 14.9. The minimum atomic E-state index is -0.757. The molecule has 1 aliphatic rings. The van der Waals surface area contributed by atoms with E-state index in [0.29, 0.717) is 6.54 Å². The number of hydrogen-bond acceptors (Lipinski definition) is 4. The van der Waals surface area contributed by atoms with Crippen molar-refractivity contribution < 1.29 is 15.0 Å². The van der Waals surface area contributed by atoms with Gasteiger partial charge in [0.05, 0.1) is 19.3 Å². The number of β-amino-alcohol motifs (C(OH)–C–C–N with tert-alkyl or cyclic N) is 1. The number of unbranched alkanes of at least 4 members (excludes halogenated alkanes) is 8. The highest BCUT2D eigenvalue weighted by Gasteiger charge is 2.31. The molecule has 136 valence electrons. The van der Waals surface area contributed by atoms with E-state index in [1.807, 2.05) is 4.90 Å². The number of carbonyl (C=O) groups is 1. The summed E-state index contributed by atoms with van der Waals surface area (Å²) in [6.45, 7) is 4.83. The molecule has 0 aromatic rings. The maximum atomic E-state index is 11.0. The smallest absolute Gasteiger partial charge is 0.317 e. The molecule has 0 saturated carbocycles. The number of aliphatic hydroxyl groups is 1. The molecule has 0 aromatic heterocycles. The summed E-state index contributed by atoms with van der Waals surface area (Å²) < 4.78 is 0. The Labute approximate surface area is 141 Å². The highest BCUT2D eigenvalue weighted by atomic mass is 16.4. The van der Waals surface area contributed by atoms with Crippen LogP contribution in [0.2, 0.25) is 0 Å². The van der Waals surface area contributed by atoms with Gasteiger partial charge < -0.3 is 10.2 Å². The zero-order valence-corrected chi connectivity index (χ0v) is 14.9. The first-order chi connectivity index (χ1) is 11.2. The van der Waals surface area contributed by atoms with Crippen LogP contribution in [0.4, 0.5) is 0 Å². The number of carboxylic acids is 1. The van der Waals surface area contributed by atoms with Crippen molar-refractivity contribution in [3.05, 3.63) is 0 Å². The number of nitrogens with zero attached hydrogens (tertiary/aromatic N) is 2. The average molecular weight is 328 g/mol. The van der Waals surface area contributed by atoms with E-state index in [9.17, 15) is 4.79 Å². The summed E-state index contributed by atoms with van der Waals surface area (Å²) in [7, 11) is 0. The third-order valence-electron chi connectivity index (χ3n) is 4.81. The predicted molar refractivity (Wildman–Crippen MR) is 93.5 cm³/mol. The van der Waals surface area contributed by atoms with E-state index in [2.05, 4.69) is 11.8 Å². The molecular weight excluding hydrogens is 292 g/mol. The van der Waals surface area contributed by atoms with Crippen LogP contribution >= 0.6 is 0 Å². The second-order valence-corrected chi connectivity index (χ2v) is 6.72. The van der Waals surface area contributed by atoms with Gasteiger partial charge in [-0.1, -0.05) is 64.7 Å².